The Bertz CT molecular complexity index is 3810. The fraction of sp³-hybridized carbons (Fsp3) is 0.183. The molecule has 3 aliphatic rings. The van der Waals surface area contributed by atoms with Crippen molar-refractivity contribution in [3.8, 4) is 22.3 Å². The highest BCUT2D eigenvalue weighted by Gasteiger charge is 2.51. The number of hydrogen-bond donors (Lipinski definition) is 0. The molecule has 0 saturated heterocycles. The Kier molecular flexibility index (Phi) is 10.8. The maximum absolute atomic E-state index is 2.87. The van der Waals surface area contributed by atoms with E-state index in [0.717, 1.165) is 12.1 Å². The van der Waals surface area contributed by atoms with E-state index in [2.05, 4.69) is 291 Å². The maximum Gasteiger partial charge on any atom is 0.252 e. The molecule has 10 aromatic rings. The molecule has 0 aromatic heterocycles. The second kappa shape index (κ2) is 17.2. The van der Waals surface area contributed by atoms with E-state index in [0.29, 0.717) is 0 Å². The first-order valence-electron chi connectivity index (χ1n) is 27.1. The topological polar surface area (TPSA) is 6.48 Å². The summed E-state index contributed by atoms with van der Waals surface area (Å²) in [5.41, 5.74) is 20.6. The summed E-state index contributed by atoms with van der Waals surface area (Å²) in [4.78, 5) is 5.25. The van der Waals surface area contributed by atoms with Crippen LogP contribution in [-0.2, 0) is 17.3 Å². The van der Waals surface area contributed by atoms with Crippen LogP contribution in [0.4, 0.5) is 34.1 Å². The van der Waals surface area contributed by atoms with Crippen molar-refractivity contribution in [1.29, 1.82) is 0 Å². The quantitative estimate of drug-likeness (QED) is 0.153. The zero-order valence-electron chi connectivity index (χ0n) is 45.0. The summed E-state index contributed by atoms with van der Waals surface area (Å²) in [5.74, 6) is 0. The van der Waals surface area contributed by atoms with E-state index < -0.39 is 8.07 Å². The number of hydrogen-bond acceptors (Lipinski definition) is 2. The lowest BCUT2D eigenvalue weighted by atomic mass is 9.33. The highest BCUT2D eigenvalue weighted by molar-refractivity contribution is 7.22. The lowest BCUT2D eigenvalue weighted by Gasteiger charge is -2.45. The molecular formula is C71H65BN2Si. The minimum absolute atomic E-state index is 0.00174. The Hall–Kier alpha value is -7.66. The molecule has 0 atom stereocenters. The SMILES string of the molecule is CC(C)(C)Cc1ccc2c(c1)B1c3cc4c(cc3N(c3ccc(C(C)(C)C)cc3)c3cc(-c5cccc6ccccc56)cc(c31)N2c1ccc(C(C)(C)C)cc1)-c1ccccc1[Si]4(c1ccccc1)c1ccccc1. The minimum Gasteiger partial charge on any atom is -0.311 e. The smallest absolute Gasteiger partial charge is 0.252 e. The summed E-state index contributed by atoms with van der Waals surface area (Å²) < 4.78 is 0. The third kappa shape index (κ3) is 7.58. The number of fused-ring (bicyclic) bond motifs is 8. The van der Waals surface area contributed by atoms with Gasteiger partial charge in [0.25, 0.3) is 6.71 Å². The molecule has 0 N–H and O–H groups in total. The van der Waals surface area contributed by atoms with Crippen molar-refractivity contribution < 1.29 is 0 Å². The molecular weight excluding hydrogens is 920 g/mol. The highest BCUT2D eigenvalue weighted by Crippen LogP contribution is 2.48. The zero-order valence-corrected chi connectivity index (χ0v) is 46.0. The summed E-state index contributed by atoms with van der Waals surface area (Å²) >= 11 is 0. The first kappa shape index (κ1) is 47.1. The van der Waals surface area contributed by atoms with Crippen LogP contribution < -0.4 is 46.9 Å². The van der Waals surface area contributed by atoms with E-state index in [1.165, 1.54) is 115 Å². The third-order valence-electron chi connectivity index (χ3n) is 16.5. The van der Waals surface area contributed by atoms with E-state index in [-0.39, 0.29) is 23.0 Å². The predicted octanol–water partition coefficient (Wildman–Crippen LogP) is 14.1. The van der Waals surface area contributed by atoms with E-state index in [1.54, 1.807) is 0 Å². The summed E-state index contributed by atoms with van der Waals surface area (Å²) in [6.45, 7) is 20.9. The van der Waals surface area contributed by atoms with Crippen molar-refractivity contribution in [2.75, 3.05) is 9.80 Å². The van der Waals surface area contributed by atoms with Crippen molar-refractivity contribution in [1.82, 2.24) is 0 Å². The standard InChI is InChI=1S/C71H65BN2Si/c1-69(2,3)46-47-31-40-62-60(41-47)72-61-45-67-59(58-28-18-19-30-66(58)75(67,54-23-12-10-13-24-54)55-25-14-11-15-26-55)44-63(61)74(53-38-34-51(35-39-53)71(7,8)9)65-43-49(57-29-20-22-48-21-16-17-27-56(48)57)42-64(68(65)72)73(62)52-36-32-50(33-37-52)70(4,5)6/h10-45H,46H2,1-9H3. The first-order chi connectivity index (χ1) is 36.1. The fourth-order valence-corrected chi connectivity index (χ4v) is 18.3. The third-order valence-corrected chi connectivity index (χ3v) is 21.4. The molecule has 0 saturated carbocycles. The fourth-order valence-electron chi connectivity index (χ4n) is 13.1. The molecule has 10 aromatic carbocycles. The first-order valence-corrected chi connectivity index (χ1v) is 29.1. The Balaban J connectivity index is 1.19. The summed E-state index contributed by atoms with van der Waals surface area (Å²) in [6.07, 6.45) is 0.976. The van der Waals surface area contributed by atoms with Gasteiger partial charge in [-0.2, -0.15) is 0 Å². The van der Waals surface area contributed by atoms with Gasteiger partial charge in [0.2, 0.25) is 0 Å². The normalized spacial score (nSPS) is 14.3. The van der Waals surface area contributed by atoms with Crippen molar-refractivity contribution in [2.45, 2.75) is 79.6 Å². The minimum atomic E-state index is -2.87. The van der Waals surface area contributed by atoms with Crippen molar-refractivity contribution >= 4 is 96.8 Å². The molecule has 3 heterocycles. The van der Waals surface area contributed by atoms with Crippen molar-refractivity contribution in [3.63, 3.8) is 0 Å². The van der Waals surface area contributed by atoms with Gasteiger partial charge in [-0.1, -0.05) is 232 Å². The Morgan fingerprint density at radius 2 is 0.920 bits per heavy atom. The van der Waals surface area contributed by atoms with Gasteiger partial charge in [0.15, 0.2) is 8.07 Å². The largest absolute Gasteiger partial charge is 0.311 e. The molecule has 0 bridgehead atoms. The average molecular weight is 985 g/mol. The number of nitrogens with zero attached hydrogens (tertiary/aromatic N) is 2. The van der Waals surface area contributed by atoms with Crippen molar-refractivity contribution in [2.24, 2.45) is 5.41 Å². The van der Waals surface area contributed by atoms with E-state index >= 15 is 0 Å². The zero-order chi connectivity index (χ0) is 51.6. The van der Waals surface area contributed by atoms with E-state index in [4.69, 9.17) is 0 Å². The van der Waals surface area contributed by atoms with Crippen LogP contribution in [0.3, 0.4) is 0 Å². The van der Waals surface area contributed by atoms with Crippen LogP contribution in [0, 0.1) is 5.41 Å². The molecule has 0 aliphatic carbocycles. The van der Waals surface area contributed by atoms with Crippen LogP contribution in [0.15, 0.2) is 218 Å². The van der Waals surface area contributed by atoms with Crippen LogP contribution in [-0.4, -0.2) is 14.8 Å². The molecule has 4 heteroatoms. The number of benzene rings is 10. The molecule has 0 unspecified atom stereocenters. The molecule has 13 rings (SSSR count). The van der Waals surface area contributed by atoms with Gasteiger partial charge in [-0.15, -0.1) is 0 Å². The Labute approximate surface area is 446 Å². The van der Waals surface area contributed by atoms with Gasteiger partial charge in [0.1, 0.15) is 0 Å². The van der Waals surface area contributed by atoms with Gasteiger partial charge in [-0.05, 0) is 158 Å². The molecule has 0 spiro atoms. The lowest BCUT2D eigenvalue weighted by molar-refractivity contribution is 0.411. The lowest BCUT2D eigenvalue weighted by Crippen LogP contribution is -2.73. The number of anilines is 6. The molecule has 0 fully saturated rings. The van der Waals surface area contributed by atoms with Gasteiger partial charge >= 0.3 is 0 Å². The predicted molar refractivity (Wildman–Crippen MR) is 327 cm³/mol. The second-order valence-electron chi connectivity index (χ2n) is 24.8. The van der Waals surface area contributed by atoms with Crippen LogP contribution >= 0.6 is 0 Å². The van der Waals surface area contributed by atoms with Gasteiger partial charge < -0.3 is 9.80 Å². The average Bonchev–Trinajstić information content (AvgIpc) is 3.71. The Morgan fingerprint density at radius 1 is 0.400 bits per heavy atom. The van der Waals surface area contributed by atoms with Crippen LogP contribution in [0.5, 0.6) is 0 Å². The summed E-state index contributed by atoms with van der Waals surface area (Å²) in [6, 6.07) is 84.9. The van der Waals surface area contributed by atoms with Gasteiger partial charge in [0.05, 0.1) is 0 Å². The van der Waals surface area contributed by atoms with E-state index in [1.807, 2.05) is 0 Å². The highest BCUT2D eigenvalue weighted by atomic mass is 28.3. The molecule has 0 radical (unpaired) electrons. The van der Waals surface area contributed by atoms with E-state index in [9.17, 15) is 0 Å². The second-order valence-corrected chi connectivity index (χ2v) is 28.5. The molecule has 2 nitrogen and oxygen atoms in total. The van der Waals surface area contributed by atoms with Crippen LogP contribution in [0.2, 0.25) is 0 Å². The van der Waals surface area contributed by atoms with Crippen molar-refractivity contribution in [3.05, 3.63) is 235 Å². The monoisotopic (exact) mass is 985 g/mol. The number of rotatable bonds is 6. The molecule has 0 amide bonds. The summed E-state index contributed by atoms with van der Waals surface area (Å²) in [7, 11) is -2.87. The molecule has 75 heavy (non-hydrogen) atoms. The van der Waals surface area contributed by atoms with Gasteiger partial charge in [-0.25, -0.2) is 0 Å². The van der Waals surface area contributed by atoms with Gasteiger partial charge in [0, 0.05) is 34.1 Å². The molecule has 366 valence electrons. The maximum atomic E-state index is 2.72. The van der Waals surface area contributed by atoms with Gasteiger partial charge in [-0.3, -0.25) is 0 Å². The molecule has 3 aliphatic heterocycles. The summed E-state index contributed by atoms with van der Waals surface area (Å²) in [5, 5.41) is 8.24. The van der Waals surface area contributed by atoms with Crippen LogP contribution in [0.1, 0.15) is 79.0 Å². The Morgan fingerprint density at radius 3 is 1.52 bits per heavy atom. The van der Waals surface area contributed by atoms with Crippen LogP contribution in [0.25, 0.3) is 33.0 Å².